The number of nitrogens with zero attached hydrogens (tertiary/aromatic N) is 6. The zero-order chi connectivity index (χ0) is 19.6. The molecule has 0 aliphatic heterocycles. The maximum absolute atomic E-state index is 12.7. The lowest BCUT2D eigenvalue weighted by molar-refractivity contribution is -0.129. The fraction of sp³-hybridized carbons (Fsp3) is 0.350. The average Bonchev–Trinajstić information content (AvgIpc) is 2.90. The van der Waals surface area contributed by atoms with Crippen LogP contribution in [0, 0.1) is 27.7 Å². The molecule has 0 atom stereocenters. The molecular weight excluding hydrogens is 340 g/mol. The average molecular weight is 364 g/mol. The Hall–Kier alpha value is -3.09. The summed E-state index contributed by atoms with van der Waals surface area (Å²) in [5, 5.41) is 4.57. The largest absolute Gasteiger partial charge is 0.341 e. The molecule has 3 heterocycles. The van der Waals surface area contributed by atoms with Gasteiger partial charge in [-0.05, 0) is 45.4 Å². The van der Waals surface area contributed by atoms with Crippen LogP contribution in [0.3, 0.4) is 0 Å². The van der Waals surface area contributed by atoms with Crippen molar-refractivity contribution in [1.29, 1.82) is 0 Å². The van der Waals surface area contributed by atoms with Gasteiger partial charge >= 0.3 is 0 Å². The second-order valence-electron chi connectivity index (χ2n) is 6.80. The summed E-state index contributed by atoms with van der Waals surface area (Å²) >= 11 is 0. The highest BCUT2D eigenvalue weighted by Crippen LogP contribution is 2.18. The summed E-state index contributed by atoms with van der Waals surface area (Å²) in [5.41, 5.74) is 5.40. The highest BCUT2D eigenvalue weighted by atomic mass is 16.2. The molecule has 140 valence electrons. The van der Waals surface area contributed by atoms with Gasteiger partial charge in [-0.25, -0.2) is 14.6 Å². The van der Waals surface area contributed by atoms with E-state index in [1.165, 1.54) is 0 Å². The van der Waals surface area contributed by atoms with Crippen molar-refractivity contribution in [2.75, 3.05) is 7.05 Å². The van der Waals surface area contributed by atoms with E-state index in [2.05, 4.69) is 20.1 Å². The number of pyridine rings is 1. The van der Waals surface area contributed by atoms with E-state index in [0.717, 1.165) is 33.9 Å². The number of carbonyl (C=O) groups excluding carboxylic acids is 1. The van der Waals surface area contributed by atoms with Gasteiger partial charge in [0.15, 0.2) is 0 Å². The third-order valence-corrected chi connectivity index (χ3v) is 4.50. The molecule has 7 heteroatoms. The number of aryl methyl sites for hydroxylation is 3. The van der Waals surface area contributed by atoms with Crippen molar-refractivity contribution in [2.24, 2.45) is 0 Å². The minimum atomic E-state index is 0.0333. The molecule has 1 amide bonds. The normalized spacial score (nSPS) is 10.9. The van der Waals surface area contributed by atoms with Crippen LogP contribution in [-0.4, -0.2) is 42.6 Å². The summed E-state index contributed by atoms with van der Waals surface area (Å²) in [6.45, 7) is 8.25. The van der Waals surface area contributed by atoms with Crippen molar-refractivity contribution >= 4 is 5.91 Å². The SMILES string of the molecule is Cc1cc(C)nc(-n2nc(C)c(CC(=O)N(C)Cc3cccnc3)c2C)n1. The maximum atomic E-state index is 12.7. The summed E-state index contributed by atoms with van der Waals surface area (Å²) < 4.78 is 1.72. The van der Waals surface area contributed by atoms with E-state index in [-0.39, 0.29) is 5.91 Å². The first-order valence-electron chi connectivity index (χ1n) is 8.85. The predicted octanol–water partition coefficient (Wildman–Crippen LogP) is 2.49. The predicted molar refractivity (Wildman–Crippen MR) is 103 cm³/mol. The summed E-state index contributed by atoms with van der Waals surface area (Å²) in [6, 6.07) is 5.76. The maximum Gasteiger partial charge on any atom is 0.251 e. The number of aromatic nitrogens is 5. The molecule has 3 rings (SSSR count). The van der Waals surface area contributed by atoms with E-state index in [0.29, 0.717) is 18.9 Å². The van der Waals surface area contributed by atoms with Gasteiger partial charge in [-0.3, -0.25) is 9.78 Å². The first-order valence-corrected chi connectivity index (χ1v) is 8.85. The quantitative estimate of drug-likeness (QED) is 0.695. The Morgan fingerprint density at radius 2 is 1.85 bits per heavy atom. The molecule has 0 spiro atoms. The molecule has 0 aromatic carbocycles. The van der Waals surface area contributed by atoms with Gasteiger partial charge in [-0.2, -0.15) is 5.10 Å². The first-order chi connectivity index (χ1) is 12.8. The minimum absolute atomic E-state index is 0.0333. The van der Waals surface area contributed by atoms with Crippen LogP contribution in [-0.2, 0) is 17.8 Å². The molecule has 3 aromatic heterocycles. The summed E-state index contributed by atoms with van der Waals surface area (Å²) in [4.78, 5) is 27.5. The standard InChI is InChI=1S/C20H24N6O/c1-13-9-14(2)23-20(22-13)26-16(4)18(15(3)24-26)10-19(27)25(5)12-17-7-6-8-21-11-17/h6-9,11H,10,12H2,1-5H3. The summed E-state index contributed by atoms with van der Waals surface area (Å²) in [7, 11) is 1.80. The number of carbonyl (C=O) groups is 1. The first kappa shape index (κ1) is 18.7. The van der Waals surface area contributed by atoms with Gasteiger partial charge in [0.2, 0.25) is 5.91 Å². The second-order valence-corrected chi connectivity index (χ2v) is 6.80. The molecular formula is C20H24N6O. The molecule has 0 aliphatic rings. The van der Waals surface area contributed by atoms with E-state index in [9.17, 15) is 4.79 Å². The van der Waals surface area contributed by atoms with Crippen LogP contribution in [0.25, 0.3) is 5.95 Å². The number of amides is 1. The minimum Gasteiger partial charge on any atom is -0.341 e. The number of hydrogen-bond acceptors (Lipinski definition) is 5. The molecule has 7 nitrogen and oxygen atoms in total. The zero-order valence-corrected chi connectivity index (χ0v) is 16.4. The Balaban J connectivity index is 1.81. The van der Waals surface area contributed by atoms with Crippen molar-refractivity contribution in [2.45, 2.75) is 40.7 Å². The highest BCUT2D eigenvalue weighted by molar-refractivity contribution is 5.79. The van der Waals surface area contributed by atoms with Gasteiger partial charge in [0.1, 0.15) is 0 Å². The van der Waals surface area contributed by atoms with Gasteiger partial charge in [0.05, 0.1) is 12.1 Å². The topological polar surface area (TPSA) is 76.8 Å². The molecule has 0 aliphatic carbocycles. The van der Waals surface area contributed by atoms with E-state index < -0.39 is 0 Å². The Morgan fingerprint density at radius 3 is 2.48 bits per heavy atom. The van der Waals surface area contributed by atoms with Crippen molar-refractivity contribution < 1.29 is 4.79 Å². The van der Waals surface area contributed by atoms with Crippen molar-refractivity contribution in [1.82, 2.24) is 29.6 Å². The second kappa shape index (κ2) is 7.65. The summed E-state index contributed by atoms with van der Waals surface area (Å²) in [5.74, 6) is 0.571. The van der Waals surface area contributed by atoms with Crippen LogP contribution < -0.4 is 0 Å². The van der Waals surface area contributed by atoms with Crippen LogP contribution in [0.5, 0.6) is 0 Å². The lowest BCUT2D eigenvalue weighted by atomic mass is 10.1. The number of likely N-dealkylation sites (N-methyl/N-ethyl adjacent to an activating group) is 1. The monoisotopic (exact) mass is 364 g/mol. The molecule has 0 saturated carbocycles. The lowest BCUT2D eigenvalue weighted by Gasteiger charge is -2.17. The lowest BCUT2D eigenvalue weighted by Crippen LogP contribution is -2.28. The Kier molecular flexibility index (Phi) is 5.30. The molecule has 0 saturated heterocycles. The third-order valence-electron chi connectivity index (χ3n) is 4.50. The molecule has 27 heavy (non-hydrogen) atoms. The molecule has 0 fully saturated rings. The van der Waals surface area contributed by atoms with Gasteiger partial charge < -0.3 is 4.90 Å². The van der Waals surface area contributed by atoms with E-state index in [4.69, 9.17) is 0 Å². The number of rotatable bonds is 5. The van der Waals surface area contributed by atoms with E-state index >= 15 is 0 Å². The van der Waals surface area contributed by atoms with Gasteiger partial charge in [-0.1, -0.05) is 6.07 Å². The zero-order valence-electron chi connectivity index (χ0n) is 16.4. The van der Waals surface area contributed by atoms with E-state index in [1.807, 2.05) is 45.9 Å². The third kappa shape index (κ3) is 4.19. The molecule has 0 radical (unpaired) electrons. The highest BCUT2D eigenvalue weighted by Gasteiger charge is 2.19. The number of hydrogen-bond donors (Lipinski definition) is 0. The van der Waals surface area contributed by atoms with Crippen LogP contribution >= 0.6 is 0 Å². The van der Waals surface area contributed by atoms with Gasteiger partial charge in [0.25, 0.3) is 5.95 Å². The van der Waals surface area contributed by atoms with Crippen molar-refractivity contribution in [3.8, 4) is 5.95 Å². The van der Waals surface area contributed by atoms with Crippen LogP contribution in [0.2, 0.25) is 0 Å². The Bertz CT molecular complexity index is 944. The Morgan fingerprint density at radius 1 is 1.15 bits per heavy atom. The molecule has 0 bridgehead atoms. The molecule has 3 aromatic rings. The fourth-order valence-electron chi connectivity index (χ4n) is 3.07. The van der Waals surface area contributed by atoms with Crippen molar-refractivity contribution in [3.05, 3.63) is 64.5 Å². The van der Waals surface area contributed by atoms with Gasteiger partial charge in [-0.15, -0.1) is 0 Å². The summed E-state index contributed by atoms with van der Waals surface area (Å²) in [6.07, 6.45) is 3.79. The fourth-order valence-corrected chi connectivity index (χ4v) is 3.07. The van der Waals surface area contributed by atoms with Crippen LogP contribution in [0.15, 0.2) is 30.6 Å². The van der Waals surface area contributed by atoms with Gasteiger partial charge in [0, 0.05) is 48.6 Å². The van der Waals surface area contributed by atoms with E-state index in [1.54, 1.807) is 29.0 Å². The smallest absolute Gasteiger partial charge is 0.251 e. The molecule has 0 N–H and O–H groups in total. The van der Waals surface area contributed by atoms with Crippen molar-refractivity contribution in [3.63, 3.8) is 0 Å². The van der Waals surface area contributed by atoms with Crippen LogP contribution in [0.4, 0.5) is 0 Å². The van der Waals surface area contributed by atoms with Crippen LogP contribution in [0.1, 0.15) is 33.9 Å². The Labute approximate surface area is 159 Å². The molecule has 0 unspecified atom stereocenters.